The van der Waals surface area contributed by atoms with Gasteiger partial charge in [-0.25, -0.2) is 0 Å². The summed E-state index contributed by atoms with van der Waals surface area (Å²) in [5.74, 6) is 14.8. The molecule has 0 spiro atoms. The molecule has 416 valence electrons. The van der Waals surface area contributed by atoms with Gasteiger partial charge in [-0.3, -0.25) is 0 Å². The van der Waals surface area contributed by atoms with Crippen molar-refractivity contribution in [1.82, 2.24) is 0 Å². The summed E-state index contributed by atoms with van der Waals surface area (Å²) in [5.41, 5.74) is 0. The van der Waals surface area contributed by atoms with Crippen molar-refractivity contribution in [3.63, 3.8) is 0 Å². The number of carbonyl (C=O) groups is 5. The van der Waals surface area contributed by atoms with E-state index in [1.165, 1.54) is 205 Å². The number of ketones is 5. The summed E-state index contributed by atoms with van der Waals surface area (Å²) in [6.07, 6.45) is 39.2. The van der Waals surface area contributed by atoms with E-state index in [1.807, 2.05) is 0 Å². The van der Waals surface area contributed by atoms with E-state index < -0.39 is 0 Å². The van der Waals surface area contributed by atoms with Gasteiger partial charge in [0.25, 0.3) is 0 Å². The van der Waals surface area contributed by atoms with Crippen LogP contribution in [-0.2, 0) is 24.0 Å². The van der Waals surface area contributed by atoms with Gasteiger partial charge in [-0.1, -0.05) is 126 Å². The zero-order valence-electron chi connectivity index (χ0n) is 47.0. The van der Waals surface area contributed by atoms with Gasteiger partial charge in [-0.05, 0) is 188 Å². The maximum absolute atomic E-state index is 10.7. The van der Waals surface area contributed by atoms with Crippen LogP contribution < -0.4 is 0 Å². The lowest BCUT2D eigenvalue weighted by Crippen LogP contribution is -1.90. The summed E-state index contributed by atoms with van der Waals surface area (Å²) < 4.78 is 0. The van der Waals surface area contributed by atoms with E-state index in [2.05, 4.69) is 93.4 Å². The van der Waals surface area contributed by atoms with Crippen LogP contribution >= 0.6 is 58.8 Å². The fraction of sp³-hybridized carbons (Fsp3) is 0.915. The first kappa shape index (κ1) is 80.5. The molecule has 0 aliphatic heterocycles. The predicted octanol–water partition coefficient (Wildman–Crippen LogP) is 20.2. The fourth-order valence-corrected chi connectivity index (χ4v) is 10.9. The highest BCUT2D eigenvalue weighted by atomic mass is 32.2. The van der Waals surface area contributed by atoms with E-state index in [0.29, 0.717) is 28.9 Å². The van der Waals surface area contributed by atoms with Crippen LogP contribution in [0.2, 0.25) is 0 Å². The molecular formula is C59H120O5S5. The standard InChI is InChI=1S/C13H26OS.C12H24OS.3C11H22OS.CH4/c1-3-11-15-12-9-7-5-4-6-8-10-13(2)14;1-3-10-14-11-8-6-4-5-7-9-12(2)13;3*1-3-9-13-10-7-5-4-6-8-11(2)12;/h3-12H2,1-2H3;3-11H2,1-2H3;3*3-10H2,1-2H3;1H4. The average molecular weight is 1070 g/mol. The number of carbonyl (C=O) groups excluding carboxylic acids is 5. The molecule has 5 nitrogen and oxygen atoms in total. The Morgan fingerprint density at radius 3 is 0.478 bits per heavy atom. The van der Waals surface area contributed by atoms with Gasteiger partial charge in [0.1, 0.15) is 28.9 Å². The van der Waals surface area contributed by atoms with Crippen LogP contribution in [-0.4, -0.2) is 86.4 Å². The highest BCUT2D eigenvalue weighted by Crippen LogP contribution is 2.14. The largest absolute Gasteiger partial charge is 0.300 e. The summed E-state index contributed by atoms with van der Waals surface area (Å²) in [4.78, 5) is 53.2. The minimum atomic E-state index is 0. The number of hydrogen-bond acceptors (Lipinski definition) is 10. The summed E-state index contributed by atoms with van der Waals surface area (Å²) in [6.45, 7) is 19.5. The zero-order chi connectivity index (χ0) is 51.8. The van der Waals surface area contributed by atoms with Crippen molar-refractivity contribution >= 4 is 87.7 Å². The second-order valence-electron chi connectivity index (χ2n) is 18.5. The van der Waals surface area contributed by atoms with Gasteiger partial charge in [0.2, 0.25) is 0 Å². The summed E-state index contributed by atoms with van der Waals surface area (Å²) in [7, 11) is 0. The molecule has 0 rings (SSSR count). The first-order valence-electron chi connectivity index (χ1n) is 28.2. The second kappa shape index (κ2) is 77.0. The maximum atomic E-state index is 10.7. The monoisotopic (exact) mass is 1070 g/mol. The Morgan fingerprint density at radius 2 is 0.348 bits per heavy atom. The van der Waals surface area contributed by atoms with Crippen LogP contribution in [0.5, 0.6) is 0 Å². The molecule has 0 aliphatic carbocycles. The van der Waals surface area contributed by atoms with Crippen molar-refractivity contribution in [2.45, 2.75) is 289 Å². The molecule has 0 heterocycles. The van der Waals surface area contributed by atoms with Crippen molar-refractivity contribution in [2.24, 2.45) is 0 Å². The van der Waals surface area contributed by atoms with Crippen molar-refractivity contribution in [1.29, 1.82) is 0 Å². The minimum absolute atomic E-state index is 0. The number of unbranched alkanes of at least 4 members (excludes halogenated alkanes) is 18. The third-order valence-electron chi connectivity index (χ3n) is 10.3. The van der Waals surface area contributed by atoms with Gasteiger partial charge >= 0.3 is 0 Å². The number of hydrogen-bond donors (Lipinski definition) is 0. The van der Waals surface area contributed by atoms with Gasteiger partial charge < -0.3 is 24.0 Å². The quantitative estimate of drug-likeness (QED) is 0.0549. The first-order chi connectivity index (χ1) is 32.9. The van der Waals surface area contributed by atoms with Gasteiger partial charge in [0.15, 0.2) is 0 Å². The van der Waals surface area contributed by atoms with Crippen LogP contribution in [0.3, 0.4) is 0 Å². The molecule has 0 fully saturated rings. The molecule has 0 aromatic heterocycles. The Morgan fingerprint density at radius 1 is 0.217 bits per heavy atom. The molecule has 69 heavy (non-hydrogen) atoms. The number of Topliss-reactive ketones (excluding diaryl/α,β-unsaturated/α-hetero) is 5. The third kappa shape index (κ3) is 106. The molecule has 0 aromatic rings. The molecule has 0 aliphatic rings. The summed E-state index contributed by atoms with van der Waals surface area (Å²) in [5, 5.41) is 0. The van der Waals surface area contributed by atoms with E-state index in [9.17, 15) is 24.0 Å². The van der Waals surface area contributed by atoms with Gasteiger partial charge in [-0.2, -0.15) is 58.8 Å². The fourth-order valence-electron chi connectivity index (χ4n) is 6.42. The Bertz CT molecular complexity index is 940. The molecule has 0 N–H and O–H groups in total. The molecule has 0 radical (unpaired) electrons. The van der Waals surface area contributed by atoms with Crippen molar-refractivity contribution < 1.29 is 24.0 Å². The summed E-state index contributed by atoms with van der Waals surface area (Å²) >= 11 is 10.3. The van der Waals surface area contributed by atoms with E-state index in [1.54, 1.807) is 34.6 Å². The van der Waals surface area contributed by atoms with Crippen LogP contribution in [0.15, 0.2) is 0 Å². The molecule has 0 atom stereocenters. The smallest absolute Gasteiger partial charge is 0.129 e. The van der Waals surface area contributed by atoms with Gasteiger partial charge in [0, 0.05) is 32.1 Å². The highest BCUT2D eigenvalue weighted by molar-refractivity contribution is 8.00. The molecule has 0 saturated carbocycles. The summed E-state index contributed by atoms with van der Waals surface area (Å²) in [6, 6.07) is 0. The minimum Gasteiger partial charge on any atom is -0.300 e. The maximum Gasteiger partial charge on any atom is 0.129 e. The highest BCUT2D eigenvalue weighted by Gasteiger charge is 1.98. The molecule has 0 bridgehead atoms. The average Bonchev–Trinajstić information content (AvgIpc) is 3.29. The van der Waals surface area contributed by atoms with E-state index in [-0.39, 0.29) is 7.43 Å². The van der Waals surface area contributed by atoms with Crippen LogP contribution in [0, 0.1) is 0 Å². The van der Waals surface area contributed by atoms with Crippen molar-refractivity contribution in [3.8, 4) is 0 Å². The number of thioether (sulfide) groups is 5. The van der Waals surface area contributed by atoms with Crippen molar-refractivity contribution in [3.05, 3.63) is 0 Å². The molecule has 0 saturated heterocycles. The normalized spacial score (nSPS) is 10.2. The van der Waals surface area contributed by atoms with Crippen LogP contribution in [0.4, 0.5) is 0 Å². The SMILES string of the molecule is C.CCCSCCCCCCC(C)=O.CCCSCCCCCCC(C)=O.CCCSCCCCCCC(C)=O.CCCSCCCCCCCC(C)=O.CCCSCCCCCCCCC(C)=O. The topological polar surface area (TPSA) is 85.3 Å². The van der Waals surface area contributed by atoms with E-state index in [4.69, 9.17) is 0 Å². The van der Waals surface area contributed by atoms with E-state index in [0.717, 1.165) is 64.2 Å². The zero-order valence-corrected chi connectivity index (χ0v) is 51.1. The molecule has 0 unspecified atom stereocenters. The Hall–Kier alpha value is 0.1000. The first-order valence-corrected chi connectivity index (χ1v) is 34.0. The lowest BCUT2D eigenvalue weighted by Gasteiger charge is -2.01. The molecule has 0 aromatic carbocycles. The molecular weight excluding hydrogens is 949 g/mol. The van der Waals surface area contributed by atoms with Gasteiger partial charge in [0.05, 0.1) is 0 Å². The van der Waals surface area contributed by atoms with Crippen LogP contribution in [0.25, 0.3) is 0 Å². The lowest BCUT2D eigenvalue weighted by molar-refractivity contribution is -0.117. The second-order valence-corrected chi connectivity index (χ2v) is 24.6. The molecule has 10 heteroatoms. The predicted molar refractivity (Wildman–Crippen MR) is 327 cm³/mol. The molecule has 0 amide bonds. The van der Waals surface area contributed by atoms with Gasteiger partial charge in [-0.15, -0.1) is 0 Å². The van der Waals surface area contributed by atoms with Crippen molar-refractivity contribution in [2.75, 3.05) is 57.5 Å². The number of rotatable bonds is 48. The lowest BCUT2D eigenvalue weighted by atomic mass is 10.1. The van der Waals surface area contributed by atoms with E-state index >= 15 is 0 Å². The Balaban J connectivity index is -0.000000179. The van der Waals surface area contributed by atoms with Crippen LogP contribution in [0.1, 0.15) is 289 Å². The Kier molecular flexibility index (Phi) is 89.8. The Labute approximate surface area is 454 Å². The third-order valence-corrected chi connectivity index (χ3v) is 16.7.